The van der Waals surface area contributed by atoms with Gasteiger partial charge in [-0.3, -0.25) is 9.59 Å². The van der Waals surface area contributed by atoms with Gasteiger partial charge in [0, 0.05) is 18.2 Å². The summed E-state index contributed by atoms with van der Waals surface area (Å²) < 4.78 is 1.65. The molecule has 2 aromatic carbocycles. The fourth-order valence-corrected chi connectivity index (χ4v) is 6.06. The second-order valence-corrected chi connectivity index (χ2v) is 8.81. The van der Waals surface area contributed by atoms with Crippen molar-refractivity contribution in [3.8, 4) is 0 Å². The molecule has 0 amide bonds. The lowest BCUT2D eigenvalue weighted by molar-refractivity contribution is 0.101. The van der Waals surface area contributed by atoms with E-state index in [1.165, 1.54) is 23.5 Å². The number of nitrogens with zero attached hydrogens (tertiary/aromatic N) is 1. The van der Waals surface area contributed by atoms with E-state index in [9.17, 15) is 9.59 Å². The minimum atomic E-state index is -0.209. The highest BCUT2D eigenvalue weighted by molar-refractivity contribution is 8.10. The first kappa shape index (κ1) is 19.4. The number of allylic oxidation sites excluding steroid dienone is 2. The van der Waals surface area contributed by atoms with E-state index >= 15 is 0 Å². The van der Waals surface area contributed by atoms with Crippen molar-refractivity contribution >= 4 is 58.3 Å². The number of benzene rings is 2. The molecule has 0 unspecified atom stereocenters. The summed E-state index contributed by atoms with van der Waals surface area (Å²) in [4.78, 5) is 28.6. The number of halogens is 2. The number of fused-ring (bicyclic) bond motifs is 1. The summed E-state index contributed by atoms with van der Waals surface area (Å²) in [6, 6.07) is 17.8. The Morgan fingerprint density at radius 3 is 1.43 bits per heavy atom. The molecule has 3 aromatic rings. The minimum Gasteiger partial charge on any atom is -0.324 e. The average molecular weight is 446 g/mol. The Morgan fingerprint density at radius 2 is 1.07 bits per heavy atom. The zero-order valence-electron chi connectivity index (χ0n) is 14.6. The van der Waals surface area contributed by atoms with Crippen LogP contribution in [0.3, 0.4) is 0 Å². The molecule has 1 aromatic heterocycles. The number of carbonyl (C=O) groups excluding carboxylic acids is 2. The van der Waals surface area contributed by atoms with Crippen LogP contribution >= 0.6 is 46.7 Å². The Labute approximate surface area is 180 Å². The summed E-state index contributed by atoms with van der Waals surface area (Å²) in [7, 11) is 1.75. The van der Waals surface area contributed by atoms with Crippen molar-refractivity contribution < 1.29 is 9.59 Å². The molecule has 0 bridgehead atoms. The van der Waals surface area contributed by atoms with Crippen LogP contribution in [0.1, 0.15) is 20.7 Å². The molecule has 0 atom stereocenters. The van der Waals surface area contributed by atoms with Crippen molar-refractivity contribution in [2.24, 2.45) is 7.05 Å². The molecule has 0 saturated heterocycles. The van der Waals surface area contributed by atoms with E-state index in [1.807, 2.05) is 12.1 Å². The molecule has 0 saturated carbocycles. The van der Waals surface area contributed by atoms with E-state index < -0.39 is 0 Å². The van der Waals surface area contributed by atoms with Gasteiger partial charge in [-0.1, -0.05) is 107 Å². The van der Waals surface area contributed by atoms with Gasteiger partial charge in [0.2, 0.25) is 11.6 Å². The lowest BCUT2D eigenvalue weighted by Crippen LogP contribution is -2.11. The Hall–Kier alpha value is -1.92. The number of carbonyl (C=O) groups is 2. The molecule has 0 aliphatic carbocycles. The van der Waals surface area contributed by atoms with Crippen LogP contribution in [-0.4, -0.2) is 16.1 Å². The lowest BCUT2D eigenvalue weighted by atomic mass is 10.1. The maximum Gasteiger partial charge on any atom is 0.200 e. The molecular weight excluding hydrogens is 433 g/mol. The monoisotopic (exact) mass is 445 g/mol. The Balaban J connectivity index is 1.87. The molecule has 28 heavy (non-hydrogen) atoms. The topological polar surface area (TPSA) is 39.1 Å². The molecule has 4 rings (SSSR count). The van der Waals surface area contributed by atoms with E-state index in [1.54, 1.807) is 60.1 Å². The van der Waals surface area contributed by atoms with Gasteiger partial charge in [-0.25, -0.2) is 0 Å². The smallest absolute Gasteiger partial charge is 0.200 e. The van der Waals surface area contributed by atoms with Crippen LogP contribution in [0.2, 0.25) is 10.3 Å². The molecule has 2 heterocycles. The maximum absolute atomic E-state index is 13.2. The molecule has 7 heteroatoms. The van der Waals surface area contributed by atoms with Crippen LogP contribution in [-0.2, 0) is 7.05 Å². The third kappa shape index (κ3) is 3.33. The molecule has 1 aliphatic rings. The summed E-state index contributed by atoms with van der Waals surface area (Å²) in [5, 5.41) is 0.893. The van der Waals surface area contributed by atoms with E-state index in [-0.39, 0.29) is 11.6 Å². The Kier molecular flexibility index (Phi) is 5.43. The summed E-state index contributed by atoms with van der Waals surface area (Å²) in [5.41, 5.74) is 1.04. The van der Waals surface area contributed by atoms with Gasteiger partial charge in [-0.05, 0) is 0 Å². The van der Waals surface area contributed by atoms with Crippen molar-refractivity contribution in [2.45, 2.75) is 9.79 Å². The maximum atomic E-state index is 13.2. The number of hydrogen-bond acceptors (Lipinski definition) is 4. The van der Waals surface area contributed by atoms with Gasteiger partial charge in [-0.15, -0.1) is 0 Å². The average Bonchev–Trinajstić information content (AvgIpc) is 2.96. The van der Waals surface area contributed by atoms with Crippen LogP contribution in [0.25, 0.3) is 0 Å². The molecular formula is C21H13Cl2NO2S2. The largest absolute Gasteiger partial charge is 0.324 e. The van der Waals surface area contributed by atoms with Crippen molar-refractivity contribution in [1.29, 1.82) is 0 Å². The summed E-state index contributed by atoms with van der Waals surface area (Å²) in [6.45, 7) is 0. The third-order valence-corrected chi connectivity index (χ3v) is 8.03. The van der Waals surface area contributed by atoms with Crippen LogP contribution in [0, 0.1) is 0 Å². The standard InChI is InChI=1S/C21H13Cl2NO2S2/c1-24-20(22)18-19(21(24)23)28-17(15(26)13-10-6-3-7-11-13)16(27-18)14(25)12-8-4-2-5-9-12/h2-11H,1H3. The van der Waals surface area contributed by atoms with Gasteiger partial charge in [0.1, 0.15) is 10.3 Å². The van der Waals surface area contributed by atoms with Crippen LogP contribution in [0.4, 0.5) is 0 Å². The van der Waals surface area contributed by atoms with E-state index in [0.717, 1.165) is 0 Å². The Morgan fingerprint density at radius 1 is 0.714 bits per heavy atom. The molecule has 3 nitrogen and oxygen atoms in total. The highest BCUT2D eigenvalue weighted by atomic mass is 35.5. The zero-order chi connectivity index (χ0) is 19.8. The van der Waals surface area contributed by atoms with E-state index in [4.69, 9.17) is 23.2 Å². The first-order chi connectivity index (χ1) is 13.5. The number of aromatic nitrogens is 1. The van der Waals surface area contributed by atoms with Gasteiger partial charge in [0.25, 0.3) is 0 Å². The second kappa shape index (κ2) is 7.84. The summed E-state index contributed by atoms with van der Waals surface area (Å²) >= 11 is 15.2. The first-order valence-corrected chi connectivity index (χ1v) is 10.7. The van der Waals surface area contributed by atoms with E-state index in [0.29, 0.717) is 41.0 Å². The molecule has 1 aliphatic heterocycles. The van der Waals surface area contributed by atoms with Gasteiger partial charge < -0.3 is 4.57 Å². The van der Waals surface area contributed by atoms with Crippen molar-refractivity contribution in [3.63, 3.8) is 0 Å². The van der Waals surface area contributed by atoms with Gasteiger partial charge >= 0.3 is 0 Å². The molecule has 0 fully saturated rings. The second-order valence-electron chi connectivity index (χ2n) is 6.05. The number of thioether (sulfide) groups is 2. The van der Waals surface area contributed by atoms with Crippen molar-refractivity contribution in [3.05, 3.63) is 91.9 Å². The summed E-state index contributed by atoms with van der Waals surface area (Å²) in [6.07, 6.45) is 0. The van der Waals surface area contributed by atoms with Crippen LogP contribution in [0.15, 0.2) is 80.3 Å². The number of Topliss-reactive ketones (excluding diaryl/α,β-unsaturated/α-hetero) is 2. The van der Waals surface area contributed by atoms with Gasteiger partial charge in [0.05, 0.1) is 19.6 Å². The molecule has 0 radical (unpaired) electrons. The number of rotatable bonds is 4. The fraction of sp³-hybridized carbons (Fsp3) is 0.0476. The molecule has 140 valence electrons. The number of hydrogen-bond donors (Lipinski definition) is 0. The minimum absolute atomic E-state index is 0.209. The van der Waals surface area contributed by atoms with Crippen molar-refractivity contribution in [2.75, 3.05) is 0 Å². The quantitative estimate of drug-likeness (QED) is 0.429. The Bertz CT molecular complexity index is 1040. The summed E-state index contributed by atoms with van der Waals surface area (Å²) in [5.74, 6) is -0.418. The molecule has 0 N–H and O–H groups in total. The van der Waals surface area contributed by atoms with Crippen LogP contribution < -0.4 is 0 Å². The van der Waals surface area contributed by atoms with Crippen LogP contribution in [0.5, 0.6) is 0 Å². The fourth-order valence-electron chi connectivity index (χ4n) is 2.79. The zero-order valence-corrected chi connectivity index (χ0v) is 17.8. The van der Waals surface area contributed by atoms with Crippen molar-refractivity contribution in [1.82, 2.24) is 4.57 Å². The predicted octanol–water partition coefficient (Wildman–Crippen LogP) is 6.51. The number of ketones is 2. The normalized spacial score (nSPS) is 13.4. The molecule has 0 spiro atoms. The first-order valence-electron chi connectivity index (χ1n) is 8.32. The third-order valence-electron chi connectivity index (χ3n) is 4.27. The van der Waals surface area contributed by atoms with Gasteiger partial charge in [-0.2, -0.15) is 0 Å². The highest BCUT2D eigenvalue weighted by Crippen LogP contribution is 2.54. The SMILES string of the molecule is Cn1c(Cl)c2c(c1Cl)SC(C(=O)c1ccccc1)=C(C(=O)c1ccccc1)S2. The van der Waals surface area contributed by atoms with Gasteiger partial charge in [0.15, 0.2) is 0 Å². The predicted molar refractivity (Wildman–Crippen MR) is 116 cm³/mol. The lowest BCUT2D eigenvalue weighted by Gasteiger charge is -2.18. The highest BCUT2D eigenvalue weighted by Gasteiger charge is 2.34. The van der Waals surface area contributed by atoms with E-state index in [2.05, 4.69) is 0 Å².